The van der Waals surface area contributed by atoms with Gasteiger partial charge < -0.3 is 4.42 Å². The van der Waals surface area contributed by atoms with Crippen LogP contribution in [0.5, 0.6) is 0 Å². The molecule has 0 aliphatic heterocycles. The van der Waals surface area contributed by atoms with Crippen molar-refractivity contribution in [2.75, 3.05) is 0 Å². The van der Waals surface area contributed by atoms with E-state index in [9.17, 15) is 4.39 Å². The fourth-order valence-electron chi connectivity index (χ4n) is 0.888. The fraction of sp³-hybridized carbons (Fsp3) is 0. The van der Waals surface area contributed by atoms with E-state index in [-0.39, 0.29) is 11.4 Å². The molecule has 56 valence electrons. The van der Waals surface area contributed by atoms with E-state index >= 15 is 0 Å². The standard InChI is InChI=1S/C7H3FINO/c8-4-2-1-3-5-6(4)11-7(9)10-5/h1-3H. The van der Waals surface area contributed by atoms with Gasteiger partial charge in [-0.15, -0.1) is 0 Å². The molecule has 0 fully saturated rings. The van der Waals surface area contributed by atoms with Gasteiger partial charge in [0, 0.05) is 22.6 Å². The maximum atomic E-state index is 12.9. The summed E-state index contributed by atoms with van der Waals surface area (Å²) in [5, 5.41) is 0. The van der Waals surface area contributed by atoms with Crippen LogP contribution >= 0.6 is 22.6 Å². The Balaban J connectivity index is 2.90. The van der Waals surface area contributed by atoms with Gasteiger partial charge in [-0.25, -0.2) is 9.37 Å². The lowest BCUT2D eigenvalue weighted by atomic mass is 10.3. The molecule has 0 saturated heterocycles. The summed E-state index contributed by atoms with van der Waals surface area (Å²) in [6.45, 7) is 0. The van der Waals surface area contributed by atoms with Crippen LogP contribution < -0.4 is 0 Å². The Hall–Kier alpha value is -0.650. The van der Waals surface area contributed by atoms with Gasteiger partial charge in [-0.05, 0) is 12.1 Å². The van der Waals surface area contributed by atoms with Crippen molar-refractivity contribution >= 4 is 33.7 Å². The van der Waals surface area contributed by atoms with Crippen molar-refractivity contribution in [1.82, 2.24) is 4.98 Å². The average molecular weight is 263 g/mol. The Morgan fingerprint density at radius 1 is 1.45 bits per heavy atom. The summed E-state index contributed by atoms with van der Waals surface area (Å²) in [6.07, 6.45) is 0. The van der Waals surface area contributed by atoms with Crippen LogP contribution in [0, 0.1) is 9.71 Å². The lowest BCUT2D eigenvalue weighted by molar-refractivity contribution is 0.531. The van der Waals surface area contributed by atoms with Crippen LogP contribution in [-0.4, -0.2) is 4.98 Å². The van der Waals surface area contributed by atoms with Crippen LogP contribution in [0.25, 0.3) is 11.1 Å². The number of aromatic nitrogens is 1. The van der Waals surface area contributed by atoms with E-state index in [0.717, 1.165) is 0 Å². The van der Waals surface area contributed by atoms with Crippen LogP contribution in [-0.2, 0) is 0 Å². The molecule has 2 aromatic rings. The molecule has 0 radical (unpaired) electrons. The number of halogens is 2. The van der Waals surface area contributed by atoms with E-state index in [1.165, 1.54) is 6.07 Å². The van der Waals surface area contributed by atoms with Crippen molar-refractivity contribution < 1.29 is 8.81 Å². The molecule has 11 heavy (non-hydrogen) atoms. The highest BCUT2D eigenvalue weighted by Crippen LogP contribution is 2.18. The molecule has 0 saturated carbocycles. The third-order valence-corrected chi connectivity index (χ3v) is 1.80. The van der Waals surface area contributed by atoms with Gasteiger partial charge in [-0.1, -0.05) is 6.07 Å². The molecule has 2 nitrogen and oxygen atoms in total. The van der Waals surface area contributed by atoms with Gasteiger partial charge in [-0.2, -0.15) is 0 Å². The lowest BCUT2D eigenvalue weighted by Crippen LogP contribution is -1.72. The van der Waals surface area contributed by atoms with Gasteiger partial charge in [0.05, 0.1) is 0 Å². The number of nitrogens with zero attached hydrogens (tertiary/aromatic N) is 1. The van der Waals surface area contributed by atoms with Gasteiger partial charge in [-0.3, -0.25) is 0 Å². The highest BCUT2D eigenvalue weighted by atomic mass is 127. The first-order chi connectivity index (χ1) is 5.27. The van der Waals surface area contributed by atoms with Crippen LogP contribution in [0.1, 0.15) is 0 Å². The van der Waals surface area contributed by atoms with Crippen molar-refractivity contribution in [1.29, 1.82) is 0 Å². The minimum atomic E-state index is -0.363. The molecule has 1 aromatic carbocycles. The van der Waals surface area contributed by atoms with Crippen LogP contribution in [0.4, 0.5) is 4.39 Å². The summed E-state index contributed by atoms with van der Waals surface area (Å²) >= 11 is 1.91. The van der Waals surface area contributed by atoms with Gasteiger partial charge in [0.25, 0.3) is 3.90 Å². The number of oxazole rings is 1. The zero-order valence-corrected chi connectivity index (χ0v) is 7.50. The molecule has 0 aliphatic carbocycles. The first kappa shape index (κ1) is 7.02. The molecule has 1 aromatic heterocycles. The van der Waals surface area contributed by atoms with Crippen molar-refractivity contribution in [3.8, 4) is 0 Å². The van der Waals surface area contributed by atoms with Crippen molar-refractivity contribution in [2.45, 2.75) is 0 Å². The predicted molar refractivity (Wildman–Crippen MR) is 46.7 cm³/mol. The van der Waals surface area contributed by atoms with Crippen LogP contribution in [0.3, 0.4) is 0 Å². The van der Waals surface area contributed by atoms with E-state index in [4.69, 9.17) is 4.42 Å². The Morgan fingerprint density at radius 2 is 2.27 bits per heavy atom. The van der Waals surface area contributed by atoms with Crippen LogP contribution in [0.2, 0.25) is 0 Å². The number of para-hydroxylation sites is 1. The Kier molecular flexibility index (Phi) is 1.56. The van der Waals surface area contributed by atoms with Crippen molar-refractivity contribution in [3.63, 3.8) is 0 Å². The lowest BCUT2D eigenvalue weighted by Gasteiger charge is -1.85. The summed E-state index contributed by atoms with van der Waals surface area (Å²) in [7, 11) is 0. The Morgan fingerprint density at radius 3 is 3.00 bits per heavy atom. The molecule has 0 unspecified atom stereocenters. The topological polar surface area (TPSA) is 26.0 Å². The first-order valence-corrected chi connectivity index (χ1v) is 4.06. The molecule has 0 aliphatic rings. The third-order valence-electron chi connectivity index (χ3n) is 1.34. The second-order valence-corrected chi connectivity index (χ2v) is 2.98. The summed E-state index contributed by atoms with van der Waals surface area (Å²) < 4.78 is 18.3. The summed E-state index contributed by atoms with van der Waals surface area (Å²) in [5.41, 5.74) is 0.798. The average Bonchev–Trinajstić information content (AvgIpc) is 2.31. The Bertz CT molecular complexity index is 398. The quantitative estimate of drug-likeness (QED) is 0.683. The van der Waals surface area contributed by atoms with E-state index < -0.39 is 0 Å². The molecule has 0 atom stereocenters. The minimum Gasteiger partial charge on any atom is -0.429 e. The van der Waals surface area contributed by atoms with Crippen LogP contribution in [0.15, 0.2) is 22.6 Å². The fourth-order valence-corrected chi connectivity index (χ4v) is 1.37. The maximum Gasteiger partial charge on any atom is 0.258 e. The molecule has 0 bridgehead atoms. The Labute approximate surface area is 75.6 Å². The van der Waals surface area contributed by atoms with E-state index in [2.05, 4.69) is 4.98 Å². The monoisotopic (exact) mass is 263 g/mol. The predicted octanol–water partition coefficient (Wildman–Crippen LogP) is 2.57. The highest BCUT2D eigenvalue weighted by Gasteiger charge is 2.06. The van der Waals surface area contributed by atoms with Crippen molar-refractivity contribution in [2.24, 2.45) is 0 Å². The van der Waals surface area contributed by atoms with Gasteiger partial charge in [0.15, 0.2) is 11.4 Å². The molecular weight excluding hydrogens is 260 g/mol. The molecule has 1 heterocycles. The molecular formula is C7H3FINO. The van der Waals surface area contributed by atoms with E-state index in [0.29, 0.717) is 9.41 Å². The smallest absolute Gasteiger partial charge is 0.258 e. The third kappa shape index (κ3) is 1.11. The molecule has 0 N–H and O–H groups in total. The van der Waals surface area contributed by atoms with Gasteiger partial charge in [0.2, 0.25) is 0 Å². The SMILES string of the molecule is Fc1cccc2nc(I)oc12. The number of benzene rings is 1. The first-order valence-electron chi connectivity index (χ1n) is 2.98. The van der Waals surface area contributed by atoms with Gasteiger partial charge in [0.1, 0.15) is 5.52 Å². The van der Waals surface area contributed by atoms with E-state index in [1.807, 2.05) is 22.6 Å². The number of rotatable bonds is 0. The summed E-state index contributed by atoms with van der Waals surface area (Å²) in [6, 6.07) is 4.67. The largest absolute Gasteiger partial charge is 0.429 e. The number of hydrogen-bond donors (Lipinski definition) is 0. The molecule has 0 spiro atoms. The zero-order chi connectivity index (χ0) is 7.84. The van der Waals surface area contributed by atoms with Gasteiger partial charge >= 0.3 is 0 Å². The number of hydrogen-bond acceptors (Lipinski definition) is 2. The molecule has 0 amide bonds. The second-order valence-electron chi connectivity index (χ2n) is 2.05. The molecule has 4 heteroatoms. The molecule has 2 rings (SSSR count). The second kappa shape index (κ2) is 2.44. The highest BCUT2D eigenvalue weighted by molar-refractivity contribution is 14.1. The maximum absolute atomic E-state index is 12.9. The normalized spacial score (nSPS) is 10.7. The minimum absolute atomic E-state index is 0.233. The summed E-state index contributed by atoms with van der Waals surface area (Å²) in [4.78, 5) is 3.95. The summed E-state index contributed by atoms with van der Waals surface area (Å²) in [5.74, 6) is -0.363. The zero-order valence-electron chi connectivity index (χ0n) is 5.34. The number of fused-ring (bicyclic) bond motifs is 1. The van der Waals surface area contributed by atoms with Crippen molar-refractivity contribution in [3.05, 3.63) is 27.9 Å². The van der Waals surface area contributed by atoms with E-state index in [1.54, 1.807) is 12.1 Å².